The molecule has 7 heteroatoms. The molecule has 5 nitrogen and oxygen atoms in total. The molecule has 0 radical (unpaired) electrons. The number of pyridine rings is 1. The Balaban J connectivity index is 2.03. The van der Waals surface area contributed by atoms with Crippen LogP contribution in [0.25, 0.3) is 0 Å². The van der Waals surface area contributed by atoms with Gasteiger partial charge in [0.2, 0.25) is 0 Å². The third-order valence-electron chi connectivity index (χ3n) is 4.36. The first kappa shape index (κ1) is 20.7. The van der Waals surface area contributed by atoms with Crippen LogP contribution in [0.1, 0.15) is 18.4 Å². The quantitative estimate of drug-likeness (QED) is 0.641. The van der Waals surface area contributed by atoms with Crippen molar-refractivity contribution in [1.29, 1.82) is 5.26 Å². The molecule has 0 fully saturated rings. The fourth-order valence-corrected chi connectivity index (χ4v) is 4.04. The van der Waals surface area contributed by atoms with Crippen LogP contribution in [0.4, 0.5) is 5.69 Å². The number of nitriles is 1. The van der Waals surface area contributed by atoms with Gasteiger partial charge < -0.3 is 10.6 Å². The molecule has 0 saturated heterocycles. The molecule has 2 N–H and O–H groups in total. The Morgan fingerprint density at radius 2 is 2.17 bits per heavy atom. The van der Waals surface area contributed by atoms with Crippen LogP contribution in [0.2, 0.25) is 5.02 Å². The Morgan fingerprint density at radius 1 is 1.41 bits per heavy atom. The minimum atomic E-state index is -0.519. The van der Waals surface area contributed by atoms with E-state index in [1.54, 1.807) is 48.8 Å². The molecule has 1 aliphatic rings. The van der Waals surface area contributed by atoms with Gasteiger partial charge in [0.05, 0.1) is 22.6 Å². The van der Waals surface area contributed by atoms with Crippen molar-refractivity contribution in [2.75, 3.05) is 11.1 Å². The van der Waals surface area contributed by atoms with Gasteiger partial charge in [0.1, 0.15) is 0 Å². The number of hydrogen-bond acceptors (Lipinski definition) is 5. The first-order valence-corrected chi connectivity index (χ1v) is 10.2. The molecule has 146 valence electrons. The molecule has 1 unspecified atom stereocenters. The van der Waals surface area contributed by atoms with Gasteiger partial charge in [-0.1, -0.05) is 23.7 Å². The maximum absolute atomic E-state index is 13.2. The van der Waals surface area contributed by atoms with Gasteiger partial charge in [-0.15, -0.1) is 18.3 Å². The lowest BCUT2D eigenvalue weighted by molar-refractivity contribution is -0.113. The molecule has 0 aliphatic carbocycles. The zero-order valence-electron chi connectivity index (χ0n) is 15.8. The van der Waals surface area contributed by atoms with Crippen molar-refractivity contribution in [2.45, 2.75) is 12.8 Å². The maximum atomic E-state index is 13.2. The molecule has 2 aromatic rings. The van der Waals surface area contributed by atoms with Gasteiger partial charge >= 0.3 is 0 Å². The molecular weight excluding hydrogens is 404 g/mol. The largest absolute Gasteiger partial charge is 0.353 e. The van der Waals surface area contributed by atoms with E-state index in [4.69, 9.17) is 11.6 Å². The number of hydrogen-bond donors (Lipinski definition) is 2. The Morgan fingerprint density at radius 3 is 2.79 bits per heavy atom. The Hall–Kier alpha value is -3.01. The van der Waals surface area contributed by atoms with Crippen LogP contribution >= 0.6 is 23.4 Å². The van der Waals surface area contributed by atoms with Gasteiger partial charge in [0, 0.05) is 40.1 Å². The summed E-state index contributed by atoms with van der Waals surface area (Å²) >= 11 is 7.41. The molecule has 1 atom stereocenters. The summed E-state index contributed by atoms with van der Waals surface area (Å²) in [6, 6.07) is 12.8. The van der Waals surface area contributed by atoms with Crippen molar-refractivity contribution in [3.05, 3.63) is 93.9 Å². The van der Waals surface area contributed by atoms with Crippen LogP contribution < -0.4 is 10.6 Å². The first-order valence-electron chi connectivity index (χ1n) is 8.87. The third-order valence-corrected chi connectivity index (χ3v) is 5.62. The molecule has 1 aromatic carbocycles. The van der Waals surface area contributed by atoms with E-state index in [9.17, 15) is 10.1 Å². The molecular formula is C22H19ClN4OS. The summed E-state index contributed by atoms with van der Waals surface area (Å²) in [5.74, 6) is -0.159. The number of amides is 1. The van der Waals surface area contributed by atoms with E-state index in [2.05, 4.69) is 28.3 Å². The van der Waals surface area contributed by atoms with Gasteiger partial charge in [-0.3, -0.25) is 9.78 Å². The highest BCUT2D eigenvalue weighted by molar-refractivity contribution is 8.03. The van der Waals surface area contributed by atoms with Crippen molar-refractivity contribution < 1.29 is 4.79 Å². The summed E-state index contributed by atoms with van der Waals surface area (Å²) in [4.78, 5) is 17.4. The van der Waals surface area contributed by atoms with Crippen LogP contribution in [0, 0.1) is 11.3 Å². The first-order chi connectivity index (χ1) is 14.0. The van der Waals surface area contributed by atoms with Crippen LogP contribution in [-0.2, 0) is 4.79 Å². The summed E-state index contributed by atoms with van der Waals surface area (Å²) in [6.07, 6.45) is 5.12. The zero-order chi connectivity index (χ0) is 20.8. The van der Waals surface area contributed by atoms with E-state index < -0.39 is 5.92 Å². The number of dihydropyridines is 1. The molecule has 0 saturated carbocycles. The molecule has 0 spiro atoms. The van der Waals surface area contributed by atoms with E-state index in [1.165, 1.54) is 11.8 Å². The number of carbonyl (C=O) groups is 1. The van der Waals surface area contributed by atoms with Gasteiger partial charge in [-0.2, -0.15) is 5.26 Å². The number of carbonyl (C=O) groups excluding carboxylic acids is 1. The summed E-state index contributed by atoms with van der Waals surface area (Å²) in [5.41, 5.74) is 3.06. The lowest BCUT2D eigenvalue weighted by Gasteiger charge is -2.29. The Bertz CT molecular complexity index is 1020. The number of benzene rings is 1. The number of aromatic nitrogens is 1. The molecule has 2 heterocycles. The van der Waals surface area contributed by atoms with Gasteiger partial charge in [-0.25, -0.2) is 0 Å². The number of anilines is 1. The van der Waals surface area contributed by atoms with Crippen molar-refractivity contribution in [1.82, 2.24) is 10.3 Å². The van der Waals surface area contributed by atoms with E-state index in [0.717, 1.165) is 10.6 Å². The normalized spacial score (nSPS) is 16.1. The summed E-state index contributed by atoms with van der Waals surface area (Å²) in [7, 11) is 0. The smallest absolute Gasteiger partial charge is 0.254 e. The highest BCUT2D eigenvalue weighted by Crippen LogP contribution is 2.40. The predicted molar refractivity (Wildman–Crippen MR) is 118 cm³/mol. The number of halogens is 1. The van der Waals surface area contributed by atoms with E-state index in [1.807, 2.05) is 13.0 Å². The van der Waals surface area contributed by atoms with Gasteiger partial charge in [0.25, 0.3) is 5.91 Å². The standard InChI is InChI=1S/C22H19ClN4OS/c1-3-11-29-22-18(12-24)20(15-5-4-10-25-13-15)19(14(2)26-22)21(28)27-17-8-6-16(23)7-9-17/h3-10,13,20,26H,1,11H2,2H3,(H,27,28). The monoisotopic (exact) mass is 422 g/mol. The lowest BCUT2D eigenvalue weighted by atomic mass is 9.83. The van der Waals surface area contributed by atoms with Crippen LogP contribution in [0.15, 0.2) is 83.3 Å². The average molecular weight is 423 g/mol. The van der Waals surface area contributed by atoms with E-state index >= 15 is 0 Å². The van der Waals surface area contributed by atoms with Gasteiger partial charge in [0.15, 0.2) is 0 Å². The average Bonchev–Trinajstić information content (AvgIpc) is 2.73. The number of allylic oxidation sites excluding steroid dienone is 2. The maximum Gasteiger partial charge on any atom is 0.254 e. The third kappa shape index (κ3) is 4.70. The molecule has 29 heavy (non-hydrogen) atoms. The number of thioether (sulfide) groups is 1. The van der Waals surface area contributed by atoms with E-state index in [0.29, 0.717) is 33.3 Å². The summed E-state index contributed by atoms with van der Waals surface area (Å²) in [6.45, 7) is 5.57. The second-order valence-corrected chi connectivity index (χ2v) is 7.77. The zero-order valence-corrected chi connectivity index (χ0v) is 17.3. The fraction of sp³-hybridized carbons (Fsp3) is 0.136. The SMILES string of the molecule is C=CCSC1=C(C#N)C(c2cccnc2)C(C(=O)Nc2ccc(Cl)cc2)=C(C)N1. The number of nitrogens with one attached hydrogen (secondary N) is 2. The second kappa shape index (κ2) is 9.46. The molecule has 3 rings (SSSR count). The van der Waals surface area contributed by atoms with Crippen molar-refractivity contribution in [3.8, 4) is 6.07 Å². The summed E-state index contributed by atoms with van der Waals surface area (Å²) < 4.78 is 0. The van der Waals surface area contributed by atoms with Crippen LogP contribution in [0.3, 0.4) is 0 Å². The number of rotatable bonds is 6. The predicted octanol–water partition coefficient (Wildman–Crippen LogP) is 4.99. The Labute approximate surface area is 179 Å². The second-order valence-electron chi connectivity index (χ2n) is 6.30. The highest BCUT2D eigenvalue weighted by atomic mass is 35.5. The van der Waals surface area contributed by atoms with Crippen molar-refractivity contribution in [2.24, 2.45) is 0 Å². The molecule has 1 amide bonds. The van der Waals surface area contributed by atoms with Crippen LogP contribution in [-0.4, -0.2) is 16.6 Å². The van der Waals surface area contributed by atoms with Crippen molar-refractivity contribution in [3.63, 3.8) is 0 Å². The van der Waals surface area contributed by atoms with Crippen molar-refractivity contribution >= 4 is 35.0 Å². The van der Waals surface area contributed by atoms with Gasteiger partial charge in [-0.05, 0) is 42.8 Å². The highest BCUT2D eigenvalue weighted by Gasteiger charge is 2.34. The minimum absolute atomic E-state index is 0.285. The van der Waals surface area contributed by atoms with Crippen LogP contribution in [0.5, 0.6) is 0 Å². The van der Waals surface area contributed by atoms with E-state index in [-0.39, 0.29) is 5.91 Å². The molecule has 1 aliphatic heterocycles. The fourth-order valence-electron chi connectivity index (χ4n) is 3.08. The number of nitrogens with zero attached hydrogens (tertiary/aromatic N) is 2. The topological polar surface area (TPSA) is 77.8 Å². The lowest BCUT2D eigenvalue weighted by Crippen LogP contribution is -2.30. The summed E-state index contributed by atoms with van der Waals surface area (Å²) in [5, 5.41) is 17.4. The Kier molecular flexibility index (Phi) is 6.76. The minimum Gasteiger partial charge on any atom is -0.353 e. The molecule has 0 bridgehead atoms. The molecule has 1 aromatic heterocycles.